The van der Waals surface area contributed by atoms with Crippen molar-refractivity contribution in [2.24, 2.45) is 11.8 Å². The third kappa shape index (κ3) is 6.91. The molecule has 3 N–H and O–H groups in total. The van der Waals surface area contributed by atoms with Crippen LogP contribution in [0.2, 0.25) is 0 Å². The maximum absolute atomic E-state index is 13.6. The highest BCUT2D eigenvalue weighted by Crippen LogP contribution is 2.31. The molecule has 0 aromatic carbocycles. The van der Waals surface area contributed by atoms with Crippen LogP contribution in [0.15, 0.2) is 60.0 Å². The summed E-state index contributed by atoms with van der Waals surface area (Å²) in [5.41, 5.74) is 1.50. The van der Waals surface area contributed by atoms with E-state index in [0.29, 0.717) is 37.7 Å². The quantitative estimate of drug-likeness (QED) is 0.297. The van der Waals surface area contributed by atoms with Crippen LogP contribution in [-0.2, 0) is 0 Å². The van der Waals surface area contributed by atoms with E-state index in [9.17, 15) is 24.5 Å². The van der Waals surface area contributed by atoms with E-state index in [2.05, 4.69) is 6.58 Å². The van der Waals surface area contributed by atoms with E-state index >= 15 is 0 Å². The molecule has 0 fully saturated rings. The van der Waals surface area contributed by atoms with E-state index in [1.54, 1.807) is 26.0 Å². The van der Waals surface area contributed by atoms with Crippen LogP contribution in [0.1, 0.15) is 58.8 Å². The lowest BCUT2D eigenvalue weighted by atomic mass is 9.85. The number of rotatable bonds is 11. The van der Waals surface area contributed by atoms with Crippen LogP contribution in [0, 0.1) is 11.8 Å². The Labute approximate surface area is 185 Å². The first-order valence-electron chi connectivity index (χ1n) is 11.1. The molecule has 0 saturated heterocycles. The number of carbonyl (C=O) groups is 1. The van der Waals surface area contributed by atoms with E-state index in [4.69, 9.17) is 0 Å². The molecular weight excluding hydrogens is 397 g/mol. The maximum atomic E-state index is 13.6. The summed E-state index contributed by atoms with van der Waals surface area (Å²) < 4.78 is 13.6. The summed E-state index contributed by atoms with van der Waals surface area (Å²) in [5, 5.41) is 31.6. The smallest absolute Gasteiger partial charge is 0.409 e. The Hall–Kier alpha value is -2.18. The molecule has 2 aliphatic carbocycles. The van der Waals surface area contributed by atoms with Gasteiger partial charge in [0.1, 0.15) is 12.1 Å². The molecule has 0 radical (unpaired) electrons. The van der Waals surface area contributed by atoms with Crippen molar-refractivity contribution in [3.8, 4) is 0 Å². The lowest BCUT2D eigenvalue weighted by Crippen LogP contribution is -2.49. The van der Waals surface area contributed by atoms with Gasteiger partial charge in [0, 0.05) is 11.8 Å². The van der Waals surface area contributed by atoms with Crippen LogP contribution < -0.4 is 0 Å². The summed E-state index contributed by atoms with van der Waals surface area (Å²) >= 11 is 0. The normalized spacial score (nSPS) is 22.5. The van der Waals surface area contributed by atoms with E-state index in [0.717, 1.165) is 23.3 Å². The Bertz CT molecular complexity index is 755. The van der Waals surface area contributed by atoms with Gasteiger partial charge < -0.3 is 15.3 Å². The van der Waals surface area contributed by atoms with Crippen molar-refractivity contribution in [1.29, 1.82) is 0 Å². The molecule has 1 amide bonds. The van der Waals surface area contributed by atoms with Gasteiger partial charge in [-0.1, -0.05) is 30.4 Å². The Morgan fingerprint density at radius 1 is 1.29 bits per heavy atom. The molecule has 0 heterocycles. The number of halogens is 1. The average Bonchev–Trinajstić information content (AvgIpc) is 2.75. The van der Waals surface area contributed by atoms with Gasteiger partial charge in [-0.3, -0.25) is 4.90 Å². The molecule has 4 unspecified atom stereocenters. The fourth-order valence-corrected chi connectivity index (χ4v) is 4.35. The van der Waals surface area contributed by atoms with Gasteiger partial charge in [0.25, 0.3) is 0 Å². The largest absolute Gasteiger partial charge is 0.465 e. The standard InChI is InChI=1S/C25H36FNO4/c1-4-5-9-20(13-15-23(28)21-12-14-22(26)17(2)16-21)24(29)27(25(30)31)18(3)19-10-7-6-8-11-19/h4,7,10-12,14,18,20-21,23-24,28-29H,1,5-6,8-9,13,15-16H2,2-3H3,(H,30,31)/t18?,20?,21?,23-,24?/m0/s1. The van der Waals surface area contributed by atoms with Crippen LogP contribution >= 0.6 is 0 Å². The second-order valence-electron chi connectivity index (χ2n) is 8.59. The highest BCUT2D eigenvalue weighted by atomic mass is 19.1. The summed E-state index contributed by atoms with van der Waals surface area (Å²) in [6.07, 6.45) is 12.0. The Morgan fingerprint density at radius 3 is 2.61 bits per heavy atom. The molecule has 0 bridgehead atoms. The zero-order valence-electron chi connectivity index (χ0n) is 18.6. The second-order valence-corrected chi connectivity index (χ2v) is 8.59. The van der Waals surface area contributed by atoms with Crippen molar-refractivity contribution in [2.75, 3.05) is 0 Å². The average molecular weight is 434 g/mol. The van der Waals surface area contributed by atoms with E-state index < -0.39 is 24.5 Å². The third-order valence-corrected chi connectivity index (χ3v) is 6.36. The van der Waals surface area contributed by atoms with Crippen molar-refractivity contribution in [1.82, 2.24) is 4.90 Å². The van der Waals surface area contributed by atoms with Crippen LogP contribution in [0.25, 0.3) is 0 Å². The minimum absolute atomic E-state index is 0.177. The first-order chi connectivity index (χ1) is 14.8. The van der Waals surface area contributed by atoms with Crippen molar-refractivity contribution >= 4 is 6.09 Å². The SMILES string of the molecule is C=CCCC(CC[C@H](O)C1C=CC(F)=C(C)C1)C(O)N(C(=O)O)C(C)C1=CCCC=C1. The van der Waals surface area contributed by atoms with Gasteiger partial charge in [-0.15, -0.1) is 6.58 Å². The number of hydrogen-bond acceptors (Lipinski definition) is 3. The zero-order valence-corrected chi connectivity index (χ0v) is 18.6. The van der Waals surface area contributed by atoms with Gasteiger partial charge in [-0.05, 0) is 76.0 Å². The summed E-state index contributed by atoms with van der Waals surface area (Å²) in [5.74, 6) is -0.774. The number of aliphatic hydroxyl groups is 2. The molecule has 0 aromatic heterocycles. The summed E-state index contributed by atoms with van der Waals surface area (Å²) in [4.78, 5) is 13.2. The predicted molar refractivity (Wildman–Crippen MR) is 121 cm³/mol. The molecule has 5 nitrogen and oxygen atoms in total. The first-order valence-corrected chi connectivity index (χ1v) is 11.1. The van der Waals surface area contributed by atoms with Crippen LogP contribution in [0.4, 0.5) is 9.18 Å². The first kappa shape index (κ1) is 25.1. The lowest BCUT2D eigenvalue weighted by Gasteiger charge is -2.37. The monoisotopic (exact) mass is 433 g/mol. The van der Waals surface area contributed by atoms with E-state index in [-0.39, 0.29) is 17.7 Å². The van der Waals surface area contributed by atoms with E-state index in [1.165, 1.54) is 6.08 Å². The van der Waals surface area contributed by atoms with Crippen molar-refractivity contribution in [2.45, 2.75) is 77.2 Å². The number of hydrogen-bond donors (Lipinski definition) is 3. The van der Waals surface area contributed by atoms with Gasteiger partial charge >= 0.3 is 6.09 Å². The van der Waals surface area contributed by atoms with Crippen LogP contribution in [0.3, 0.4) is 0 Å². The van der Waals surface area contributed by atoms with Gasteiger partial charge in [-0.25, -0.2) is 9.18 Å². The minimum atomic E-state index is -1.20. The zero-order chi connectivity index (χ0) is 23.0. The molecule has 6 heteroatoms. The minimum Gasteiger partial charge on any atom is -0.465 e. The second kappa shape index (κ2) is 12.0. The Balaban J connectivity index is 2.08. The molecule has 0 aromatic rings. The third-order valence-electron chi connectivity index (χ3n) is 6.36. The molecule has 0 aliphatic heterocycles. The van der Waals surface area contributed by atoms with Crippen molar-refractivity contribution in [3.05, 3.63) is 60.0 Å². The summed E-state index contributed by atoms with van der Waals surface area (Å²) in [6, 6.07) is -0.475. The number of allylic oxidation sites excluding steroid dienone is 6. The molecule has 172 valence electrons. The number of amides is 1. The molecule has 2 rings (SSSR count). The summed E-state index contributed by atoms with van der Waals surface area (Å²) in [7, 11) is 0. The number of nitrogens with zero attached hydrogens (tertiary/aromatic N) is 1. The molecule has 5 atom stereocenters. The number of carboxylic acid groups (broad SMARTS) is 1. The van der Waals surface area contributed by atoms with Gasteiger partial charge in [0.2, 0.25) is 0 Å². The molecule has 2 aliphatic rings. The fourth-order valence-electron chi connectivity index (χ4n) is 4.35. The van der Waals surface area contributed by atoms with E-state index in [1.807, 2.05) is 18.2 Å². The fraction of sp³-hybridized carbons (Fsp3) is 0.560. The van der Waals surface area contributed by atoms with Gasteiger partial charge in [-0.2, -0.15) is 0 Å². The Kier molecular flexibility index (Phi) is 9.72. The molecule has 0 saturated carbocycles. The highest BCUT2D eigenvalue weighted by Gasteiger charge is 2.34. The molecule has 0 spiro atoms. The highest BCUT2D eigenvalue weighted by molar-refractivity contribution is 5.66. The Morgan fingerprint density at radius 2 is 2.03 bits per heavy atom. The van der Waals surface area contributed by atoms with Crippen LogP contribution in [-0.4, -0.2) is 44.7 Å². The maximum Gasteiger partial charge on any atom is 0.409 e. The molecular formula is C25H36FNO4. The lowest BCUT2D eigenvalue weighted by molar-refractivity contribution is -0.0465. The predicted octanol–water partition coefficient (Wildman–Crippen LogP) is 5.49. The molecule has 31 heavy (non-hydrogen) atoms. The van der Waals surface area contributed by atoms with Gasteiger partial charge in [0.15, 0.2) is 0 Å². The van der Waals surface area contributed by atoms with Crippen LogP contribution in [0.5, 0.6) is 0 Å². The number of aliphatic hydroxyl groups excluding tert-OH is 2. The van der Waals surface area contributed by atoms with Crippen molar-refractivity contribution < 1.29 is 24.5 Å². The summed E-state index contributed by atoms with van der Waals surface area (Å²) in [6.45, 7) is 7.24. The van der Waals surface area contributed by atoms with Crippen molar-refractivity contribution in [3.63, 3.8) is 0 Å². The topological polar surface area (TPSA) is 81.0 Å². The van der Waals surface area contributed by atoms with Gasteiger partial charge in [0.05, 0.1) is 12.1 Å².